The van der Waals surface area contributed by atoms with E-state index in [1.165, 1.54) is 0 Å². The van der Waals surface area contributed by atoms with Crippen LogP contribution in [-0.4, -0.2) is 26.1 Å². The van der Waals surface area contributed by atoms with Crippen LogP contribution in [0.3, 0.4) is 0 Å². The molecule has 0 bridgehead atoms. The molecule has 0 N–H and O–H groups in total. The summed E-state index contributed by atoms with van der Waals surface area (Å²) in [7, 11) is 3.12. The lowest BCUT2D eigenvalue weighted by molar-refractivity contribution is -0.129. The van der Waals surface area contributed by atoms with Crippen molar-refractivity contribution in [2.75, 3.05) is 14.2 Å². The van der Waals surface area contributed by atoms with E-state index in [9.17, 15) is 4.79 Å². The van der Waals surface area contributed by atoms with Crippen LogP contribution in [0.15, 0.2) is 53.2 Å². The fourth-order valence-corrected chi connectivity index (χ4v) is 2.42. The molecule has 0 fully saturated rings. The second-order valence-corrected chi connectivity index (χ2v) is 5.43. The Morgan fingerprint density at radius 1 is 1.08 bits per heavy atom. The van der Waals surface area contributed by atoms with Crippen LogP contribution in [0.2, 0.25) is 5.02 Å². The molecule has 0 saturated carbocycles. The molecule has 0 amide bonds. The highest BCUT2D eigenvalue weighted by Gasteiger charge is 2.24. The summed E-state index contributed by atoms with van der Waals surface area (Å²) in [6.07, 6.45) is 1.62. The van der Waals surface area contributed by atoms with Gasteiger partial charge in [-0.25, -0.2) is 9.79 Å². The number of carbonyl (C=O) groups is 1. The lowest BCUT2D eigenvalue weighted by atomic mass is 10.1. The maximum absolute atomic E-state index is 12.1. The molecule has 1 heterocycles. The number of ether oxygens (including phenoxy) is 3. The number of halogens is 1. The van der Waals surface area contributed by atoms with Crippen LogP contribution in [0.1, 0.15) is 11.1 Å². The summed E-state index contributed by atoms with van der Waals surface area (Å²) < 4.78 is 15.7. The number of rotatable bonds is 4. The number of cyclic esters (lactones) is 1. The normalized spacial score (nSPS) is 15.2. The molecule has 0 aliphatic carbocycles. The van der Waals surface area contributed by atoms with E-state index < -0.39 is 5.97 Å². The molecule has 2 aromatic carbocycles. The predicted octanol–water partition coefficient (Wildman–Crippen LogP) is 3.70. The van der Waals surface area contributed by atoms with Gasteiger partial charge in [0.05, 0.1) is 14.2 Å². The van der Waals surface area contributed by atoms with E-state index in [-0.39, 0.29) is 11.6 Å². The molecule has 2 aromatic rings. The lowest BCUT2D eigenvalue weighted by Crippen LogP contribution is -2.05. The molecule has 0 unspecified atom stereocenters. The zero-order valence-corrected chi connectivity index (χ0v) is 13.8. The van der Waals surface area contributed by atoms with Crippen LogP contribution in [0.25, 0.3) is 6.08 Å². The first-order chi connectivity index (χ1) is 11.6. The molecule has 3 rings (SSSR count). The summed E-state index contributed by atoms with van der Waals surface area (Å²) in [4.78, 5) is 16.3. The van der Waals surface area contributed by atoms with E-state index in [0.717, 1.165) is 0 Å². The van der Waals surface area contributed by atoms with Crippen molar-refractivity contribution in [3.8, 4) is 11.5 Å². The minimum absolute atomic E-state index is 0.195. The molecule has 1 aliphatic rings. The molecular formula is C18H14ClNO4. The Labute approximate surface area is 144 Å². The number of nitrogens with zero attached hydrogens (tertiary/aromatic N) is 1. The molecule has 1 aliphatic heterocycles. The van der Waals surface area contributed by atoms with Gasteiger partial charge < -0.3 is 14.2 Å². The maximum atomic E-state index is 12.1. The van der Waals surface area contributed by atoms with Gasteiger partial charge in [0.1, 0.15) is 11.5 Å². The van der Waals surface area contributed by atoms with Gasteiger partial charge in [-0.3, -0.25) is 0 Å². The summed E-state index contributed by atoms with van der Waals surface area (Å²) in [6, 6.07) is 12.3. The molecule has 6 heteroatoms. The third-order valence-electron chi connectivity index (χ3n) is 3.37. The zero-order chi connectivity index (χ0) is 17.1. The summed E-state index contributed by atoms with van der Waals surface area (Å²) in [5.41, 5.74) is 1.55. The van der Waals surface area contributed by atoms with E-state index in [2.05, 4.69) is 4.99 Å². The number of esters is 1. The minimum Gasteiger partial charge on any atom is -0.497 e. The largest absolute Gasteiger partial charge is 0.497 e. The van der Waals surface area contributed by atoms with Crippen LogP contribution in [0.4, 0.5) is 0 Å². The summed E-state index contributed by atoms with van der Waals surface area (Å²) in [6.45, 7) is 0. The fraction of sp³-hybridized carbons (Fsp3) is 0.111. The highest BCUT2D eigenvalue weighted by Crippen LogP contribution is 2.26. The Bertz CT molecular complexity index is 836. The topological polar surface area (TPSA) is 57.1 Å². The highest BCUT2D eigenvalue weighted by atomic mass is 35.5. The van der Waals surface area contributed by atoms with E-state index >= 15 is 0 Å². The van der Waals surface area contributed by atoms with Gasteiger partial charge in [0.2, 0.25) is 5.90 Å². The third-order valence-corrected chi connectivity index (χ3v) is 3.60. The SMILES string of the molecule is COc1cc(/C=C2/N=C(c3cccc(Cl)c3)OC2=O)cc(OC)c1. The van der Waals surface area contributed by atoms with E-state index in [1.807, 2.05) is 0 Å². The summed E-state index contributed by atoms with van der Waals surface area (Å²) in [5, 5.41) is 0.543. The lowest BCUT2D eigenvalue weighted by Gasteiger charge is -2.05. The number of benzene rings is 2. The van der Waals surface area contributed by atoms with Crippen molar-refractivity contribution in [2.24, 2.45) is 4.99 Å². The van der Waals surface area contributed by atoms with Crippen LogP contribution in [-0.2, 0) is 9.53 Å². The molecule has 0 radical (unpaired) electrons. The Morgan fingerprint density at radius 3 is 2.42 bits per heavy atom. The zero-order valence-electron chi connectivity index (χ0n) is 13.1. The Hall–Kier alpha value is -2.79. The first-order valence-corrected chi connectivity index (χ1v) is 7.48. The standard InChI is InChI=1S/C18H14ClNO4/c1-22-14-6-11(7-15(10-14)23-2)8-16-18(21)24-17(20-16)12-4-3-5-13(19)9-12/h3-10H,1-2H3/b16-8+. The van der Waals surface area contributed by atoms with Gasteiger partial charge in [-0.15, -0.1) is 0 Å². The number of aliphatic imine (C=N–C) groups is 1. The predicted molar refractivity (Wildman–Crippen MR) is 91.6 cm³/mol. The number of hydrogen-bond donors (Lipinski definition) is 0. The maximum Gasteiger partial charge on any atom is 0.363 e. The minimum atomic E-state index is -0.522. The summed E-state index contributed by atoms with van der Waals surface area (Å²) >= 11 is 5.95. The van der Waals surface area contributed by atoms with Crippen LogP contribution >= 0.6 is 11.6 Å². The number of carbonyl (C=O) groups excluding carboxylic acids is 1. The molecule has 0 atom stereocenters. The average Bonchev–Trinajstić information content (AvgIpc) is 2.95. The van der Waals surface area contributed by atoms with Crippen molar-refractivity contribution in [3.63, 3.8) is 0 Å². The van der Waals surface area contributed by atoms with Gasteiger partial charge >= 0.3 is 5.97 Å². The first-order valence-electron chi connectivity index (χ1n) is 7.10. The van der Waals surface area contributed by atoms with Crippen molar-refractivity contribution in [2.45, 2.75) is 0 Å². The molecule has 122 valence electrons. The highest BCUT2D eigenvalue weighted by molar-refractivity contribution is 6.31. The number of hydrogen-bond acceptors (Lipinski definition) is 5. The average molecular weight is 344 g/mol. The third kappa shape index (κ3) is 3.41. The first kappa shape index (κ1) is 16.1. The summed E-state index contributed by atoms with van der Waals surface area (Å²) in [5.74, 6) is 0.939. The molecule has 0 aromatic heterocycles. The smallest absolute Gasteiger partial charge is 0.363 e. The van der Waals surface area contributed by atoms with Crippen molar-refractivity contribution in [1.82, 2.24) is 0 Å². The number of methoxy groups -OCH3 is 2. The van der Waals surface area contributed by atoms with Gasteiger partial charge in [-0.05, 0) is 42.0 Å². The Balaban J connectivity index is 1.97. The monoisotopic (exact) mass is 343 g/mol. The van der Waals surface area contributed by atoms with E-state index in [0.29, 0.717) is 27.6 Å². The van der Waals surface area contributed by atoms with E-state index in [1.54, 1.807) is 62.8 Å². The van der Waals surface area contributed by atoms with E-state index in [4.69, 9.17) is 25.8 Å². The second kappa shape index (κ2) is 6.76. The Morgan fingerprint density at radius 2 is 1.79 bits per heavy atom. The van der Waals surface area contributed by atoms with Gasteiger partial charge in [0.15, 0.2) is 5.70 Å². The van der Waals surface area contributed by atoms with Gasteiger partial charge in [-0.2, -0.15) is 0 Å². The van der Waals surface area contributed by atoms with Gasteiger partial charge in [0.25, 0.3) is 0 Å². The van der Waals surface area contributed by atoms with Crippen molar-refractivity contribution < 1.29 is 19.0 Å². The van der Waals surface area contributed by atoms with Crippen LogP contribution in [0.5, 0.6) is 11.5 Å². The molecule has 24 heavy (non-hydrogen) atoms. The molecular weight excluding hydrogens is 330 g/mol. The van der Waals surface area contributed by atoms with Crippen molar-refractivity contribution in [1.29, 1.82) is 0 Å². The molecule has 5 nitrogen and oxygen atoms in total. The second-order valence-electron chi connectivity index (χ2n) is 4.99. The van der Waals surface area contributed by atoms with Crippen molar-refractivity contribution in [3.05, 3.63) is 64.3 Å². The molecule has 0 saturated heterocycles. The van der Waals surface area contributed by atoms with Gasteiger partial charge in [0, 0.05) is 16.7 Å². The quantitative estimate of drug-likeness (QED) is 0.627. The van der Waals surface area contributed by atoms with Crippen LogP contribution in [0, 0.1) is 0 Å². The Kier molecular flexibility index (Phi) is 4.53. The van der Waals surface area contributed by atoms with Crippen LogP contribution < -0.4 is 9.47 Å². The molecule has 0 spiro atoms. The fourth-order valence-electron chi connectivity index (χ4n) is 2.22. The van der Waals surface area contributed by atoms with Gasteiger partial charge in [-0.1, -0.05) is 17.7 Å². The van der Waals surface area contributed by atoms with Crippen molar-refractivity contribution >= 4 is 29.5 Å².